The summed E-state index contributed by atoms with van der Waals surface area (Å²) in [6, 6.07) is 10.3. The van der Waals surface area contributed by atoms with Crippen molar-refractivity contribution in [2.45, 2.75) is 18.4 Å². The third kappa shape index (κ3) is 2.97. The van der Waals surface area contributed by atoms with Crippen LogP contribution in [0.5, 0.6) is 0 Å². The second kappa shape index (κ2) is 5.63. The van der Waals surface area contributed by atoms with Gasteiger partial charge < -0.3 is 15.5 Å². The van der Waals surface area contributed by atoms with E-state index in [2.05, 4.69) is 5.32 Å². The molecule has 1 aliphatic rings. The number of rotatable bonds is 3. The molecule has 3 nitrogen and oxygen atoms in total. The van der Waals surface area contributed by atoms with Crippen LogP contribution in [0.25, 0.3) is 11.1 Å². The lowest BCUT2D eigenvalue weighted by molar-refractivity contribution is -0.137. The maximum atomic E-state index is 12.8. The van der Waals surface area contributed by atoms with Crippen LogP contribution in [0.15, 0.2) is 42.5 Å². The van der Waals surface area contributed by atoms with Gasteiger partial charge in [-0.1, -0.05) is 30.3 Å². The number of benzene rings is 2. The van der Waals surface area contributed by atoms with E-state index in [0.29, 0.717) is 24.2 Å². The van der Waals surface area contributed by atoms with E-state index in [1.54, 1.807) is 24.3 Å². The van der Waals surface area contributed by atoms with Gasteiger partial charge in [0.15, 0.2) is 0 Å². The molecule has 2 aromatic carbocycles. The van der Waals surface area contributed by atoms with Gasteiger partial charge in [-0.25, -0.2) is 0 Å². The van der Waals surface area contributed by atoms with Crippen LogP contribution in [-0.4, -0.2) is 23.3 Å². The zero-order valence-corrected chi connectivity index (χ0v) is 12.2. The van der Waals surface area contributed by atoms with Crippen LogP contribution >= 0.6 is 0 Å². The molecule has 122 valence electrons. The molecule has 0 aliphatic carbocycles. The summed E-state index contributed by atoms with van der Waals surface area (Å²) in [5, 5.41) is 22.6. The minimum absolute atomic E-state index is 0.219. The Kier molecular flexibility index (Phi) is 3.91. The number of β-amino-alcohol motifs (C(OH)–C–C–N with tert-alkyl or cyclic N) is 1. The normalized spacial score (nSPS) is 16.9. The van der Waals surface area contributed by atoms with Crippen molar-refractivity contribution < 1.29 is 23.4 Å². The molecule has 2 aromatic rings. The summed E-state index contributed by atoms with van der Waals surface area (Å²) in [5.74, 6) is 0. The molecule has 0 radical (unpaired) electrons. The zero-order valence-electron chi connectivity index (χ0n) is 12.2. The fourth-order valence-corrected chi connectivity index (χ4v) is 2.71. The zero-order chi connectivity index (χ0) is 16.7. The van der Waals surface area contributed by atoms with E-state index in [4.69, 9.17) is 0 Å². The Morgan fingerprint density at radius 1 is 1.04 bits per heavy atom. The summed E-state index contributed by atoms with van der Waals surface area (Å²) in [6.07, 6.45) is -4.44. The molecule has 23 heavy (non-hydrogen) atoms. The van der Waals surface area contributed by atoms with Gasteiger partial charge in [0.25, 0.3) is 0 Å². The molecule has 0 saturated carbocycles. The van der Waals surface area contributed by atoms with Gasteiger partial charge in [-0.15, -0.1) is 0 Å². The summed E-state index contributed by atoms with van der Waals surface area (Å²) in [6.45, 7) is 0.484. The Hall–Kier alpha value is -1.89. The molecule has 0 amide bonds. The Labute approximate surface area is 131 Å². The predicted octanol–water partition coefficient (Wildman–Crippen LogP) is 2.66. The fraction of sp³-hybridized carbons (Fsp3) is 0.294. The van der Waals surface area contributed by atoms with Gasteiger partial charge in [0.05, 0.1) is 12.2 Å². The molecule has 0 aromatic heterocycles. The number of hydrogen-bond acceptors (Lipinski definition) is 3. The molecule has 6 heteroatoms. The number of halogens is 3. The van der Waals surface area contributed by atoms with Crippen LogP contribution in [0.4, 0.5) is 13.2 Å². The smallest absolute Gasteiger partial charge is 0.392 e. The van der Waals surface area contributed by atoms with E-state index in [9.17, 15) is 23.4 Å². The molecular formula is C17H16F3NO2. The number of alkyl halides is 3. The highest BCUT2D eigenvalue weighted by atomic mass is 19.4. The number of aliphatic hydroxyl groups excluding tert-OH is 1. The topological polar surface area (TPSA) is 52.5 Å². The monoisotopic (exact) mass is 323 g/mol. The Bertz CT molecular complexity index is 707. The van der Waals surface area contributed by atoms with Crippen molar-refractivity contribution in [3.8, 4) is 11.1 Å². The summed E-state index contributed by atoms with van der Waals surface area (Å²) < 4.78 is 38.3. The highest BCUT2D eigenvalue weighted by Crippen LogP contribution is 2.34. The van der Waals surface area contributed by atoms with E-state index >= 15 is 0 Å². The number of aliphatic hydroxyl groups is 2. The number of nitrogens with one attached hydrogen (secondary N) is 1. The Balaban J connectivity index is 1.95. The predicted molar refractivity (Wildman–Crippen MR) is 79.6 cm³/mol. The Morgan fingerprint density at radius 3 is 2.17 bits per heavy atom. The maximum Gasteiger partial charge on any atom is 0.416 e. The lowest BCUT2D eigenvalue weighted by Gasteiger charge is -2.38. The quantitative estimate of drug-likeness (QED) is 0.814. The summed E-state index contributed by atoms with van der Waals surface area (Å²) >= 11 is 0. The van der Waals surface area contributed by atoms with E-state index < -0.39 is 23.9 Å². The van der Waals surface area contributed by atoms with Gasteiger partial charge in [0.2, 0.25) is 0 Å². The van der Waals surface area contributed by atoms with Gasteiger partial charge in [0.1, 0.15) is 5.60 Å². The molecule has 1 aliphatic heterocycles. The van der Waals surface area contributed by atoms with Gasteiger partial charge in [0, 0.05) is 13.1 Å². The highest BCUT2D eigenvalue weighted by Gasteiger charge is 2.36. The van der Waals surface area contributed by atoms with Gasteiger partial charge in [-0.3, -0.25) is 0 Å². The third-order valence-electron chi connectivity index (χ3n) is 4.17. The fourth-order valence-electron chi connectivity index (χ4n) is 2.71. The number of hydrogen-bond donors (Lipinski definition) is 3. The minimum Gasteiger partial charge on any atom is -0.392 e. The van der Waals surface area contributed by atoms with Crippen molar-refractivity contribution in [1.82, 2.24) is 5.32 Å². The Morgan fingerprint density at radius 2 is 1.70 bits per heavy atom. The molecule has 1 saturated heterocycles. The van der Waals surface area contributed by atoms with Gasteiger partial charge in [-0.2, -0.15) is 13.2 Å². The maximum absolute atomic E-state index is 12.8. The molecule has 3 N–H and O–H groups in total. The molecule has 0 spiro atoms. The van der Waals surface area contributed by atoms with Crippen molar-refractivity contribution >= 4 is 0 Å². The summed E-state index contributed by atoms with van der Waals surface area (Å²) in [4.78, 5) is 0. The molecule has 1 fully saturated rings. The summed E-state index contributed by atoms with van der Waals surface area (Å²) in [7, 11) is 0. The third-order valence-corrected chi connectivity index (χ3v) is 4.17. The molecule has 3 rings (SSSR count). The first-order valence-corrected chi connectivity index (χ1v) is 7.18. The summed E-state index contributed by atoms with van der Waals surface area (Å²) in [5.41, 5.74) is 0.567. The van der Waals surface area contributed by atoms with E-state index in [-0.39, 0.29) is 5.56 Å². The molecule has 1 heterocycles. The second-order valence-electron chi connectivity index (χ2n) is 5.74. The van der Waals surface area contributed by atoms with Crippen molar-refractivity contribution in [2.75, 3.05) is 13.1 Å². The average Bonchev–Trinajstić information content (AvgIpc) is 2.51. The SMILES string of the molecule is OCc1cc(C(F)(F)F)ccc1-c1ccc(C2(O)CNC2)cc1. The standard InChI is InChI=1S/C17H16F3NO2/c18-17(19,20)14-5-6-15(12(7-14)8-22)11-1-3-13(4-2-11)16(23)9-21-10-16/h1-7,21-23H,8-10H2. The van der Waals surface area contributed by atoms with Crippen LogP contribution in [0, 0.1) is 0 Å². The van der Waals surface area contributed by atoms with Gasteiger partial charge >= 0.3 is 6.18 Å². The molecule has 0 atom stereocenters. The first kappa shape index (κ1) is 16.0. The van der Waals surface area contributed by atoms with Crippen LogP contribution in [0.2, 0.25) is 0 Å². The van der Waals surface area contributed by atoms with E-state index in [1.807, 2.05) is 0 Å². The van der Waals surface area contributed by atoms with E-state index in [1.165, 1.54) is 6.07 Å². The average molecular weight is 323 g/mol. The first-order chi connectivity index (χ1) is 10.8. The van der Waals surface area contributed by atoms with Crippen molar-refractivity contribution in [3.63, 3.8) is 0 Å². The van der Waals surface area contributed by atoms with Crippen molar-refractivity contribution in [3.05, 3.63) is 59.2 Å². The lowest BCUT2D eigenvalue weighted by atomic mass is 9.87. The van der Waals surface area contributed by atoms with Crippen molar-refractivity contribution in [1.29, 1.82) is 0 Å². The lowest BCUT2D eigenvalue weighted by Crippen LogP contribution is -2.56. The van der Waals surface area contributed by atoms with Crippen LogP contribution in [0.1, 0.15) is 16.7 Å². The van der Waals surface area contributed by atoms with Crippen LogP contribution < -0.4 is 5.32 Å². The van der Waals surface area contributed by atoms with E-state index in [0.717, 1.165) is 17.7 Å². The van der Waals surface area contributed by atoms with Crippen LogP contribution in [-0.2, 0) is 18.4 Å². The minimum atomic E-state index is -4.44. The molecular weight excluding hydrogens is 307 g/mol. The van der Waals surface area contributed by atoms with Crippen LogP contribution in [0.3, 0.4) is 0 Å². The molecule has 0 unspecified atom stereocenters. The molecule has 0 bridgehead atoms. The largest absolute Gasteiger partial charge is 0.416 e. The highest BCUT2D eigenvalue weighted by molar-refractivity contribution is 5.68. The first-order valence-electron chi connectivity index (χ1n) is 7.18. The van der Waals surface area contributed by atoms with Gasteiger partial charge in [-0.05, 0) is 34.4 Å². The van der Waals surface area contributed by atoms with Crippen molar-refractivity contribution in [2.24, 2.45) is 0 Å². The second-order valence-corrected chi connectivity index (χ2v) is 5.74.